The standard InChI is InChI=1S/C40H71O10P/c1-3-5-7-9-11-13-15-17-18-20-21-23-25-27-29-31-39(43)47-35-38(36-49-51(45,46)48-34-37(42)33-41)50-40(44)32-30-28-26-24-22-19-16-14-12-10-8-6-4-2/h5,7,11,13,17-18,28,30,37-38,41-42H,3-4,6,8-10,12,14-16,19-27,29,31-36H2,1-2H3,(H,45,46)/p-1/b7-5-,13-11-,18-17-,30-28+/t37-,38+/m0/s1. The second-order valence-electron chi connectivity index (χ2n) is 12.9. The Morgan fingerprint density at radius 2 is 1.16 bits per heavy atom. The number of aliphatic hydroxyl groups is 2. The normalized spacial score (nSPS) is 14.5. The molecule has 0 bridgehead atoms. The predicted molar refractivity (Wildman–Crippen MR) is 203 cm³/mol. The number of ether oxygens (including phenoxy) is 2. The van der Waals surface area contributed by atoms with Crippen LogP contribution in [-0.4, -0.2) is 60.8 Å². The van der Waals surface area contributed by atoms with Crippen LogP contribution in [0.2, 0.25) is 0 Å². The summed E-state index contributed by atoms with van der Waals surface area (Å²) in [5, 5.41) is 18.2. The first-order chi connectivity index (χ1) is 24.7. The van der Waals surface area contributed by atoms with E-state index in [9.17, 15) is 24.2 Å². The minimum Gasteiger partial charge on any atom is -0.756 e. The van der Waals surface area contributed by atoms with Crippen LogP contribution in [-0.2, 0) is 32.7 Å². The fourth-order valence-corrected chi connectivity index (χ4v) is 5.76. The third kappa shape index (κ3) is 36.1. The summed E-state index contributed by atoms with van der Waals surface area (Å²) in [5.74, 6) is -1.08. The first-order valence-corrected chi connectivity index (χ1v) is 21.0. The average Bonchev–Trinajstić information content (AvgIpc) is 3.12. The molecule has 296 valence electrons. The molecule has 0 aromatic rings. The molecule has 2 N–H and O–H groups in total. The van der Waals surface area contributed by atoms with E-state index in [-0.39, 0.29) is 19.4 Å². The van der Waals surface area contributed by atoms with Crippen molar-refractivity contribution in [1.29, 1.82) is 0 Å². The Kier molecular flexibility index (Phi) is 34.8. The summed E-state index contributed by atoms with van der Waals surface area (Å²) in [7, 11) is -4.88. The lowest BCUT2D eigenvalue weighted by Crippen LogP contribution is -2.30. The maximum Gasteiger partial charge on any atom is 0.310 e. The van der Waals surface area contributed by atoms with Gasteiger partial charge in [0.2, 0.25) is 0 Å². The van der Waals surface area contributed by atoms with E-state index in [0.717, 1.165) is 70.6 Å². The SMILES string of the molecule is CC/C=C\C/C=C\C/C=C\CCCCCCCC(=O)OC[C@H](COP(=O)([O-])OC[C@@H](O)CO)OC(=O)C/C=C/CCCCCCCCCCCC. The molecule has 11 heteroatoms. The third-order valence-electron chi connectivity index (χ3n) is 7.99. The zero-order valence-corrected chi connectivity index (χ0v) is 32.7. The Balaban J connectivity index is 4.43. The predicted octanol–water partition coefficient (Wildman–Crippen LogP) is 9.14. The van der Waals surface area contributed by atoms with Gasteiger partial charge in [0.25, 0.3) is 7.82 Å². The third-order valence-corrected chi connectivity index (χ3v) is 8.92. The van der Waals surface area contributed by atoms with Gasteiger partial charge in [-0.3, -0.25) is 14.2 Å². The van der Waals surface area contributed by atoms with Crippen molar-refractivity contribution in [3.8, 4) is 0 Å². The number of phosphoric ester groups is 1. The smallest absolute Gasteiger partial charge is 0.310 e. The number of esters is 2. The van der Waals surface area contributed by atoms with Gasteiger partial charge in [0, 0.05) is 6.42 Å². The summed E-state index contributed by atoms with van der Waals surface area (Å²) in [4.78, 5) is 36.9. The molecule has 51 heavy (non-hydrogen) atoms. The Hall–Kier alpha value is -2.07. The van der Waals surface area contributed by atoms with Gasteiger partial charge in [0.05, 0.1) is 26.2 Å². The minimum atomic E-state index is -4.88. The van der Waals surface area contributed by atoms with E-state index in [4.69, 9.17) is 19.1 Å². The van der Waals surface area contributed by atoms with Crippen molar-refractivity contribution in [2.45, 2.75) is 167 Å². The Bertz CT molecular complexity index is 994. The van der Waals surface area contributed by atoms with Crippen molar-refractivity contribution >= 4 is 19.8 Å². The van der Waals surface area contributed by atoms with Gasteiger partial charge in [0.15, 0.2) is 6.10 Å². The van der Waals surface area contributed by atoms with Crippen molar-refractivity contribution < 1.29 is 47.8 Å². The quantitative estimate of drug-likeness (QED) is 0.0275. The maximum absolute atomic E-state index is 12.5. The van der Waals surface area contributed by atoms with Crippen LogP contribution in [0.4, 0.5) is 0 Å². The summed E-state index contributed by atoms with van der Waals surface area (Å²) in [6.07, 6.45) is 36.5. The van der Waals surface area contributed by atoms with Crippen LogP contribution in [0.1, 0.15) is 155 Å². The maximum atomic E-state index is 12.5. The highest BCUT2D eigenvalue weighted by Gasteiger charge is 2.21. The Labute approximate surface area is 309 Å². The van der Waals surface area contributed by atoms with Gasteiger partial charge >= 0.3 is 11.9 Å². The molecule has 0 aliphatic heterocycles. The molecule has 0 heterocycles. The molecule has 3 atom stereocenters. The fourth-order valence-electron chi connectivity index (χ4n) is 4.99. The molecule has 0 aliphatic rings. The number of phosphoric acid groups is 1. The highest BCUT2D eigenvalue weighted by atomic mass is 31.2. The van der Waals surface area contributed by atoms with Crippen molar-refractivity contribution in [1.82, 2.24) is 0 Å². The van der Waals surface area contributed by atoms with Crippen LogP contribution in [0.5, 0.6) is 0 Å². The van der Waals surface area contributed by atoms with Crippen molar-refractivity contribution in [3.05, 3.63) is 48.6 Å². The number of unbranched alkanes of at least 4 members (excludes halogenated alkanes) is 15. The minimum absolute atomic E-state index is 0.0137. The topological polar surface area (TPSA) is 152 Å². The molecule has 0 spiro atoms. The van der Waals surface area contributed by atoms with Crippen molar-refractivity contribution in [2.24, 2.45) is 0 Å². The molecule has 0 aromatic heterocycles. The van der Waals surface area contributed by atoms with Gasteiger partial charge in [-0.15, -0.1) is 0 Å². The summed E-state index contributed by atoms with van der Waals surface area (Å²) in [6.45, 7) is 1.98. The summed E-state index contributed by atoms with van der Waals surface area (Å²) in [6, 6.07) is 0. The van der Waals surface area contributed by atoms with Crippen LogP contribution in [0.3, 0.4) is 0 Å². The number of carbonyl (C=O) groups excluding carboxylic acids is 2. The van der Waals surface area contributed by atoms with Crippen molar-refractivity contribution in [3.63, 3.8) is 0 Å². The zero-order valence-electron chi connectivity index (χ0n) is 31.8. The average molecular weight is 742 g/mol. The fraction of sp³-hybridized carbons (Fsp3) is 0.750. The van der Waals surface area contributed by atoms with E-state index in [1.807, 2.05) is 6.08 Å². The van der Waals surface area contributed by atoms with Crippen LogP contribution < -0.4 is 4.89 Å². The van der Waals surface area contributed by atoms with E-state index >= 15 is 0 Å². The highest BCUT2D eigenvalue weighted by molar-refractivity contribution is 7.45. The molecule has 0 saturated heterocycles. The summed E-state index contributed by atoms with van der Waals surface area (Å²) < 4.78 is 32.1. The van der Waals surface area contributed by atoms with Gasteiger partial charge in [-0.1, -0.05) is 140 Å². The highest BCUT2D eigenvalue weighted by Crippen LogP contribution is 2.38. The molecule has 0 fully saturated rings. The lowest BCUT2D eigenvalue weighted by molar-refractivity contribution is -0.230. The van der Waals surface area contributed by atoms with Crippen LogP contribution in [0.25, 0.3) is 0 Å². The Morgan fingerprint density at radius 1 is 0.647 bits per heavy atom. The summed E-state index contributed by atoms with van der Waals surface area (Å²) >= 11 is 0. The molecule has 0 amide bonds. The molecule has 0 radical (unpaired) electrons. The molecular weight excluding hydrogens is 671 g/mol. The number of allylic oxidation sites excluding steroid dienone is 7. The number of aliphatic hydroxyl groups excluding tert-OH is 2. The number of rotatable bonds is 36. The van der Waals surface area contributed by atoms with Gasteiger partial charge in [0.1, 0.15) is 12.7 Å². The van der Waals surface area contributed by atoms with Gasteiger partial charge < -0.3 is 33.6 Å². The van der Waals surface area contributed by atoms with Gasteiger partial charge in [-0.05, 0) is 51.4 Å². The van der Waals surface area contributed by atoms with E-state index in [2.05, 4.69) is 54.8 Å². The lowest BCUT2D eigenvalue weighted by atomic mass is 10.1. The molecular formula is C40H70O10P-. The molecule has 0 aromatic carbocycles. The van der Waals surface area contributed by atoms with E-state index in [1.54, 1.807) is 6.08 Å². The second-order valence-corrected chi connectivity index (χ2v) is 14.3. The second kappa shape index (κ2) is 36.3. The lowest BCUT2D eigenvalue weighted by Gasteiger charge is -2.26. The number of hydrogen-bond donors (Lipinski definition) is 2. The number of hydrogen-bond acceptors (Lipinski definition) is 10. The molecule has 1 unspecified atom stereocenters. The zero-order chi connectivity index (χ0) is 37.7. The molecule has 0 saturated carbocycles. The first kappa shape index (κ1) is 48.9. The largest absolute Gasteiger partial charge is 0.756 e. The van der Waals surface area contributed by atoms with E-state index < -0.39 is 51.8 Å². The van der Waals surface area contributed by atoms with Gasteiger partial charge in [-0.25, -0.2) is 0 Å². The van der Waals surface area contributed by atoms with Crippen molar-refractivity contribution in [2.75, 3.05) is 26.4 Å². The van der Waals surface area contributed by atoms with E-state index in [0.29, 0.717) is 6.42 Å². The first-order valence-electron chi connectivity index (χ1n) is 19.6. The van der Waals surface area contributed by atoms with Crippen LogP contribution >= 0.6 is 7.82 Å². The van der Waals surface area contributed by atoms with Gasteiger partial charge in [-0.2, -0.15) is 0 Å². The molecule has 10 nitrogen and oxygen atoms in total. The molecule has 0 aliphatic carbocycles. The molecule has 0 rings (SSSR count). The van der Waals surface area contributed by atoms with Crippen LogP contribution in [0.15, 0.2) is 48.6 Å². The van der Waals surface area contributed by atoms with Crippen LogP contribution in [0, 0.1) is 0 Å². The summed E-state index contributed by atoms with van der Waals surface area (Å²) in [5.41, 5.74) is 0. The monoisotopic (exact) mass is 741 g/mol. The number of carbonyl (C=O) groups is 2. The Morgan fingerprint density at radius 3 is 1.75 bits per heavy atom. The van der Waals surface area contributed by atoms with E-state index in [1.165, 1.54) is 51.4 Å².